The van der Waals surface area contributed by atoms with Gasteiger partial charge in [0.1, 0.15) is 0 Å². The van der Waals surface area contributed by atoms with E-state index in [1.807, 2.05) is 0 Å². The molecule has 19 heavy (non-hydrogen) atoms. The monoisotopic (exact) mass is 287 g/mol. The standard InChI is InChI=1S/C15H26ClNO2/c1-15(2)7-3-4-13(15)14(18)17-9-5-12(6-10-17)19-11-8-16/h12-13H,3-11H2,1-2H3. The van der Waals surface area contributed by atoms with Crippen molar-refractivity contribution in [3.8, 4) is 0 Å². The Kier molecular flexibility index (Phi) is 5.13. The predicted molar refractivity (Wildman–Crippen MR) is 77.4 cm³/mol. The maximum atomic E-state index is 12.6. The Balaban J connectivity index is 1.82. The summed E-state index contributed by atoms with van der Waals surface area (Å²) in [7, 11) is 0. The Morgan fingerprint density at radius 1 is 1.32 bits per heavy atom. The quantitative estimate of drug-likeness (QED) is 0.744. The summed E-state index contributed by atoms with van der Waals surface area (Å²) in [5.74, 6) is 1.15. The zero-order valence-electron chi connectivity index (χ0n) is 12.2. The van der Waals surface area contributed by atoms with Gasteiger partial charge in [-0.1, -0.05) is 20.3 Å². The molecule has 110 valence electrons. The van der Waals surface area contributed by atoms with Gasteiger partial charge in [-0.2, -0.15) is 0 Å². The number of ether oxygens (including phenoxy) is 1. The number of likely N-dealkylation sites (tertiary alicyclic amines) is 1. The summed E-state index contributed by atoms with van der Waals surface area (Å²) in [5, 5.41) is 0. The van der Waals surface area contributed by atoms with E-state index in [-0.39, 0.29) is 11.3 Å². The number of nitrogens with zero attached hydrogens (tertiary/aromatic N) is 1. The first-order valence-corrected chi connectivity index (χ1v) is 8.04. The van der Waals surface area contributed by atoms with Crippen LogP contribution in [0.4, 0.5) is 0 Å². The summed E-state index contributed by atoms with van der Waals surface area (Å²) < 4.78 is 5.66. The van der Waals surface area contributed by atoms with Crippen LogP contribution in [-0.4, -0.2) is 42.5 Å². The van der Waals surface area contributed by atoms with Crippen molar-refractivity contribution in [3.63, 3.8) is 0 Å². The highest BCUT2D eigenvalue weighted by atomic mass is 35.5. The average molecular weight is 288 g/mol. The summed E-state index contributed by atoms with van der Waals surface area (Å²) in [6, 6.07) is 0. The van der Waals surface area contributed by atoms with Crippen molar-refractivity contribution in [2.75, 3.05) is 25.6 Å². The molecule has 1 saturated carbocycles. The van der Waals surface area contributed by atoms with Crippen LogP contribution in [0.15, 0.2) is 0 Å². The molecule has 1 unspecified atom stereocenters. The molecule has 2 rings (SSSR count). The molecule has 0 spiro atoms. The van der Waals surface area contributed by atoms with Gasteiger partial charge in [0.05, 0.1) is 12.7 Å². The molecule has 2 fully saturated rings. The number of hydrogen-bond acceptors (Lipinski definition) is 2. The number of rotatable bonds is 4. The van der Waals surface area contributed by atoms with Gasteiger partial charge >= 0.3 is 0 Å². The molecule has 0 aromatic rings. The Hall–Kier alpha value is -0.280. The number of carbonyl (C=O) groups is 1. The molecular weight excluding hydrogens is 262 g/mol. The zero-order chi connectivity index (χ0) is 13.9. The third kappa shape index (κ3) is 3.63. The lowest BCUT2D eigenvalue weighted by Gasteiger charge is -2.36. The molecule has 1 aliphatic carbocycles. The third-order valence-electron chi connectivity index (χ3n) is 4.74. The minimum absolute atomic E-state index is 0.184. The Morgan fingerprint density at radius 2 is 2.00 bits per heavy atom. The van der Waals surface area contributed by atoms with Crippen molar-refractivity contribution in [3.05, 3.63) is 0 Å². The van der Waals surface area contributed by atoms with Gasteiger partial charge in [-0.15, -0.1) is 11.6 Å². The largest absolute Gasteiger partial charge is 0.377 e. The van der Waals surface area contributed by atoms with Crippen LogP contribution < -0.4 is 0 Å². The SMILES string of the molecule is CC1(C)CCCC1C(=O)N1CCC(OCCCl)CC1. The van der Waals surface area contributed by atoms with Crippen LogP contribution in [0.5, 0.6) is 0 Å². The fraction of sp³-hybridized carbons (Fsp3) is 0.933. The Bertz CT molecular complexity index is 311. The maximum Gasteiger partial charge on any atom is 0.226 e. The van der Waals surface area contributed by atoms with E-state index in [1.54, 1.807) is 0 Å². The topological polar surface area (TPSA) is 29.5 Å². The van der Waals surface area contributed by atoms with E-state index in [0.717, 1.165) is 32.4 Å². The third-order valence-corrected chi connectivity index (χ3v) is 4.89. The molecular formula is C15H26ClNO2. The van der Waals surface area contributed by atoms with Crippen LogP contribution in [0.1, 0.15) is 46.0 Å². The lowest BCUT2D eigenvalue weighted by atomic mass is 9.81. The lowest BCUT2D eigenvalue weighted by Crippen LogP contribution is -2.45. The first kappa shape index (κ1) is 15.1. The highest BCUT2D eigenvalue weighted by Crippen LogP contribution is 2.43. The van der Waals surface area contributed by atoms with Gasteiger partial charge in [0.2, 0.25) is 5.91 Å². The smallest absolute Gasteiger partial charge is 0.226 e. The summed E-state index contributed by atoms with van der Waals surface area (Å²) in [5.41, 5.74) is 0.184. The first-order valence-electron chi connectivity index (χ1n) is 7.51. The van der Waals surface area contributed by atoms with Crippen molar-refractivity contribution < 1.29 is 9.53 Å². The molecule has 1 amide bonds. The summed E-state index contributed by atoms with van der Waals surface area (Å²) in [4.78, 5) is 14.7. The second kappa shape index (κ2) is 6.45. The molecule has 0 radical (unpaired) electrons. The van der Waals surface area contributed by atoms with Crippen molar-refractivity contribution in [2.45, 2.75) is 52.1 Å². The maximum absolute atomic E-state index is 12.6. The van der Waals surface area contributed by atoms with Gasteiger partial charge in [0, 0.05) is 24.9 Å². The number of piperidine rings is 1. The van der Waals surface area contributed by atoms with E-state index in [4.69, 9.17) is 16.3 Å². The highest BCUT2D eigenvalue weighted by Gasteiger charge is 2.41. The number of halogens is 1. The van der Waals surface area contributed by atoms with Gasteiger partial charge < -0.3 is 9.64 Å². The van der Waals surface area contributed by atoms with Crippen LogP contribution in [0.25, 0.3) is 0 Å². The zero-order valence-corrected chi connectivity index (χ0v) is 12.9. The van der Waals surface area contributed by atoms with E-state index in [0.29, 0.717) is 24.5 Å². The fourth-order valence-electron chi connectivity index (χ4n) is 3.46. The molecule has 1 aliphatic heterocycles. The number of amides is 1. The van der Waals surface area contributed by atoms with Crippen molar-refractivity contribution in [1.29, 1.82) is 0 Å². The lowest BCUT2D eigenvalue weighted by molar-refractivity contribution is -0.141. The Labute approximate surface area is 121 Å². The average Bonchev–Trinajstić information content (AvgIpc) is 2.76. The van der Waals surface area contributed by atoms with Crippen molar-refractivity contribution in [1.82, 2.24) is 4.90 Å². The van der Waals surface area contributed by atoms with Crippen molar-refractivity contribution in [2.24, 2.45) is 11.3 Å². The molecule has 4 heteroatoms. The van der Waals surface area contributed by atoms with Gasteiger partial charge in [-0.3, -0.25) is 4.79 Å². The van der Waals surface area contributed by atoms with Gasteiger partial charge in [0.25, 0.3) is 0 Å². The van der Waals surface area contributed by atoms with E-state index in [1.165, 1.54) is 12.8 Å². The molecule has 2 aliphatic rings. The molecule has 1 atom stereocenters. The van der Waals surface area contributed by atoms with E-state index in [2.05, 4.69) is 18.7 Å². The highest BCUT2D eigenvalue weighted by molar-refractivity contribution is 6.17. The molecule has 3 nitrogen and oxygen atoms in total. The fourth-order valence-corrected chi connectivity index (χ4v) is 3.55. The van der Waals surface area contributed by atoms with E-state index < -0.39 is 0 Å². The molecule has 1 heterocycles. The van der Waals surface area contributed by atoms with E-state index >= 15 is 0 Å². The second-order valence-electron chi connectivity index (χ2n) is 6.52. The second-order valence-corrected chi connectivity index (χ2v) is 6.90. The van der Waals surface area contributed by atoms with E-state index in [9.17, 15) is 4.79 Å². The summed E-state index contributed by atoms with van der Waals surface area (Å²) in [6.45, 7) is 6.78. The van der Waals surface area contributed by atoms with Gasteiger partial charge in [-0.25, -0.2) is 0 Å². The molecule has 0 bridgehead atoms. The van der Waals surface area contributed by atoms with Crippen LogP contribution in [-0.2, 0) is 9.53 Å². The van der Waals surface area contributed by atoms with Crippen molar-refractivity contribution >= 4 is 17.5 Å². The number of carbonyl (C=O) groups excluding carboxylic acids is 1. The van der Waals surface area contributed by atoms with Crippen LogP contribution in [0.2, 0.25) is 0 Å². The first-order chi connectivity index (χ1) is 9.04. The van der Waals surface area contributed by atoms with Gasteiger partial charge in [-0.05, 0) is 31.1 Å². The number of hydrogen-bond donors (Lipinski definition) is 0. The van der Waals surface area contributed by atoms with Crippen LogP contribution in [0.3, 0.4) is 0 Å². The Morgan fingerprint density at radius 3 is 2.53 bits per heavy atom. The molecule has 0 aromatic heterocycles. The molecule has 0 aromatic carbocycles. The molecule has 0 N–H and O–H groups in total. The van der Waals surface area contributed by atoms with Gasteiger partial charge in [0.15, 0.2) is 0 Å². The number of alkyl halides is 1. The summed E-state index contributed by atoms with van der Waals surface area (Å²) >= 11 is 5.63. The minimum Gasteiger partial charge on any atom is -0.377 e. The molecule has 1 saturated heterocycles. The predicted octanol–water partition coefficient (Wildman–Crippen LogP) is 3.06. The normalized spacial score (nSPS) is 27.7. The summed E-state index contributed by atoms with van der Waals surface area (Å²) in [6.07, 6.45) is 5.64. The minimum atomic E-state index is 0.184. The van der Waals surface area contributed by atoms with Crippen LogP contribution >= 0.6 is 11.6 Å². The van der Waals surface area contributed by atoms with Crippen LogP contribution in [0, 0.1) is 11.3 Å².